The number of likely N-dealkylation sites (tertiary alicyclic amines) is 1. The van der Waals surface area contributed by atoms with E-state index in [1.807, 2.05) is 44.9 Å². The van der Waals surface area contributed by atoms with E-state index in [0.29, 0.717) is 13.1 Å². The average Bonchev–Trinajstić information content (AvgIpc) is 3.18. The summed E-state index contributed by atoms with van der Waals surface area (Å²) in [5, 5.41) is 10.7. The Labute approximate surface area is 168 Å². The fourth-order valence-electron chi connectivity index (χ4n) is 3.28. The minimum Gasteiger partial charge on any atom is -0.444 e. The smallest absolute Gasteiger partial charge is 0.407 e. The summed E-state index contributed by atoms with van der Waals surface area (Å²) in [6.45, 7) is 7.85. The molecule has 0 radical (unpaired) electrons. The number of carbonyl (C=O) groups is 1. The highest BCUT2D eigenvalue weighted by Crippen LogP contribution is 2.17. The van der Waals surface area contributed by atoms with Gasteiger partial charge in [0.15, 0.2) is 5.96 Å². The van der Waals surface area contributed by atoms with Gasteiger partial charge in [-0.05, 0) is 41.3 Å². The van der Waals surface area contributed by atoms with Crippen molar-refractivity contribution in [2.45, 2.75) is 44.9 Å². The van der Waals surface area contributed by atoms with E-state index < -0.39 is 5.60 Å². The predicted octanol–water partition coefficient (Wildman–Crippen LogP) is 1.20. The lowest BCUT2D eigenvalue weighted by Crippen LogP contribution is -2.45. The largest absolute Gasteiger partial charge is 0.444 e. The summed E-state index contributed by atoms with van der Waals surface area (Å²) in [6, 6.07) is 0.236. The lowest BCUT2D eigenvalue weighted by atomic mass is 10.1. The minimum absolute atomic E-state index is 0.0522. The van der Waals surface area contributed by atoms with Crippen LogP contribution in [0.5, 0.6) is 0 Å². The summed E-state index contributed by atoms with van der Waals surface area (Å²) in [5.41, 5.74) is 0.661. The highest BCUT2D eigenvalue weighted by atomic mass is 16.6. The van der Waals surface area contributed by atoms with Crippen LogP contribution in [0.4, 0.5) is 4.79 Å². The van der Waals surface area contributed by atoms with Crippen LogP contribution in [0.2, 0.25) is 0 Å². The Bertz CT molecular complexity index is 678. The van der Waals surface area contributed by atoms with Gasteiger partial charge in [0.25, 0.3) is 0 Å². The monoisotopic (exact) mass is 393 g/mol. The number of hydrogen-bond donors (Lipinski definition) is 2. The van der Waals surface area contributed by atoms with Gasteiger partial charge in [-0.15, -0.1) is 0 Å². The Morgan fingerprint density at radius 2 is 2.18 bits per heavy atom. The molecule has 2 heterocycles. The predicted molar refractivity (Wildman–Crippen MR) is 110 cm³/mol. The molecule has 1 fully saturated rings. The summed E-state index contributed by atoms with van der Waals surface area (Å²) >= 11 is 0. The van der Waals surface area contributed by atoms with Crippen LogP contribution in [-0.4, -0.2) is 84.1 Å². The number of hydrogen-bond acceptors (Lipinski definition) is 5. The van der Waals surface area contributed by atoms with Gasteiger partial charge in [0.05, 0.1) is 18.3 Å². The van der Waals surface area contributed by atoms with E-state index in [4.69, 9.17) is 4.74 Å². The molecule has 0 aliphatic carbocycles. The molecule has 1 aromatic rings. The van der Waals surface area contributed by atoms with Crippen molar-refractivity contribution in [3.8, 4) is 0 Å². The highest BCUT2D eigenvalue weighted by Gasteiger charge is 2.28. The number of aliphatic imine (C=N–C) groups is 1. The van der Waals surface area contributed by atoms with Gasteiger partial charge < -0.3 is 25.2 Å². The van der Waals surface area contributed by atoms with Crippen molar-refractivity contribution in [3.05, 3.63) is 18.0 Å². The number of amides is 1. The van der Waals surface area contributed by atoms with E-state index in [1.165, 1.54) is 0 Å². The first-order chi connectivity index (χ1) is 13.1. The maximum absolute atomic E-state index is 12.0. The molecule has 1 aromatic heterocycles. The van der Waals surface area contributed by atoms with Crippen LogP contribution in [0, 0.1) is 0 Å². The number of aromatic nitrogens is 2. The number of aryl methyl sites for hydroxylation is 1. The normalized spacial score (nSPS) is 19.1. The molecule has 1 aliphatic heterocycles. The molecular weight excluding hydrogens is 358 g/mol. The molecule has 158 valence electrons. The number of carbonyl (C=O) groups excluding carboxylic acids is 1. The zero-order valence-corrected chi connectivity index (χ0v) is 18.2. The molecule has 1 saturated heterocycles. The first kappa shape index (κ1) is 22.0. The zero-order chi connectivity index (χ0) is 20.9. The fourth-order valence-corrected chi connectivity index (χ4v) is 3.28. The van der Waals surface area contributed by atoms with Crippen molar-refractivity contribution >= 4 is 12.1 Å². The topological polar surface area (TPSA) is 87.0 Å². The molecule has 9 heteroatoms. The minimum atomic E-state index is -0.493. The third-order valence-corrected chi connectivity index (χ3v) is 4.61. The number of nitrogens with zero attached hydrogens (tertiary/aromatic N) is 5. The second kappa shape index (κ2) is 9.27. The fraction of sp³-hybridized carbons (Fsp3) is 0.737. The van der Waals surface area contributed by atoms with Crippen LogP contribution in [0.1, 0.15) is 38.8 Å². The maximum Gasteiger partial charge on any atom is 0.407 e. The standard InChI is InChI=1S/C19H35N7O2/c1-19(2,3)28-18(27)23-15-8-9-26(13-15)17(20-4)21-11-16(24(5)6)14-10-22-25(7)12-14/h10,12,15-16H,8-9,11,13H2,1-7H3,(H,20,21)(H,23,27). The Kier molecular flexibility index (Phi) is 7.29. The third-order valence-electron chi connectivity index (χ3n) is 4.61. The molecule has 1 aliphatic rings. The van der Waals surface area contributed by atoms with E-state index in [9.17, 15) is 4.79 Å². The second-order valence-electron chi connectivity index (χ2n) is 8.43. The molecule has 0 aromatic carbocycles. The molecular formula is C19H35N7O2. The van der Waals surface area contributed by atoms with Crippen LogP contribution < -0.4 is 10.6 Å². The number of likely N-dealkylation sites (N-methyl/N-ethyl adjacent to an activating group) is 1. The molecule has 0 saturated carbocycles. The van der Waals surface area contributed by atoms with Gasteiger partial charge in [-0.3, -0.25) is 9.67 Å². The van der Waals surface area contributed by atoms with Crippen molar-refractivity contribution in [3.63, 3.8) is 0 Å². The van der Waals surface area contributed by atoms with Gasteiger partial charge in [0.2, 0.25) is 0 Å². The van der Waals surface area contributed by atoms with Gasteiger partial charge in [0, 0.05) is 45.5 Å². The van der Waals surface area contributed by atoms with Crippen molar-refractivity contribution in [2.75, 3.05) is 40.8 Å². The Morgan fingerprint density at radius 3 is 2.71 bits per heavy atom. The first-order valence-electron chi connectivity index (χ1n) is 9.69. The van der Waals surface area contributed by atoms with Crippen molar-refractivity contribution in [1.82, 2.24) is 30.2 Å². The lowest BCUT2D eigenvalue weighted by molar-refractivity contribution is 0.0507. The van der Waals surface area contributed by atoms with E-state index in [0.717, 1.165) is 24.5 Å². The number of guanidine groups is 1. The van der Waals surface area contributed by atoms with E-state index in [1.54, 1.807) is 7.05 Å². The zero-order valence-electron chi connectivity index (χ0n) is 18.2. The van der Waals surface area contributed by atoms with Crippen molar-refractivity contribution < 1.29 is 9.53 Å². The summed E-state index contributed by atoms with van der Waals surface area (Å²) < 4.78 is 7.16. The van der Waals surface area contributed by atoms with Crippen LogP contribution in [0.15, 0.2) is 17.4 Å². The Hall–Kier alpha value is -2.29. The lowest BCUT2D eigenvalue weighted by Gasteiger charge is -2.27. The molecule has 0 bridgehead atoms. The maximum atomic E-state index is 12.0. The van der Waals surface area contributed by atoms with Crippen molar-refractivity contribution in [1.29, 1.82) is 0 Å². The Balaban J connectivity index is 1.89. The van der Waals surface area contributed by atoms with Crippen molar-refractivity contribution in [2.24, 2.45) is 12.0 Å². The summed E-state index contributed by atoms with van der Waals surface area (Å²) in [5.74, 6) is 0.837. The van der Waals surface area contributed by atoms with Gasteiger partial charge in [-0.2, -0.15) is 5.10 Å². The number of ether oxygens (including phenoxy) is 1. The van der Waals surface area contributed by atoms with Gasteiger partial charge in [-0.25, -0.2) is 4.79 Å². The molecule has 28 heavy (non-hydrogen) atoms. The van der Waals surface area contributed by atoms with E-state index in [2.05, 4.69) is 44.6 Å². The quantitative estimate of drug-likeness (QED) is 0.577. The molecule has 0 spiro atoms. The summed E-state index contributed by atoms with van der Waals surface area (Å²) in [4.78, 5) is 20.7. The van der Waals surface area contributed by atoms with Crippen LogP contribution in [0.25, 0.3) is 0 Å². The number of alkyl carbamates (subject to hydrolysis) is 1. The molecule has 2 unspecified atom stereocenters. The van der Waals surface area contributed by atoms with Gasteiger partial charge >= 0.3 is 6.09 Å². The molecule has 2 rings (SSSR count). The molecule has 2 N–H and O–H groups in total. The average molecular weight is 394 g/mol. The molecule has 1 amide bonds. The molecule has 2 atom stereocenters. The Morgan fingerprint density at radius 1 is 1.46 bits per heavy atom. The van der Waals surface area contributed by atoms with E-state index >= 15 is 0 Å². The third kappa shape index (κ3) is 6.40. The van der Waals surface area contributed by atoms with Crippen LogP contribution >= 0.6 is 0 Å². The van der Waals surface area contributed by atoms with Crippen LogP contribution in [0.3, 0.4) is 0 Å². The number of nitrogens with one attached hydrogen (secondary N) is 2. The number of rotatable bonds is 5. The first-order valence-corrected chi connectivity index (χ1v) is 9.69. The second-order valence-corrected chi connectivity index (χ2v) is 8.43. The molecule has 9 nitrogen and oxygen atoms in total. The van der Waals surface area contributed by atoms with Gasteiger partial charge in [0.1, 0.15) is 5.60 Å². The highest BCUT2D eigenvalue weighted by molar-refractivity contribution is 5.80. The van der Waals surface area contributed by atoms with Crippen LogP contribution in [-0.2, 0) is 11.8 Å². The summed E-state index contributed by atoms with van der Waals surface area (Å²) in [6.07, 6.45) is 4.42. The summed E-state index contributed by atoms with van der Waals surface area (Å²) in [7, 11) is 7.81. The van der Waals surface area contributed by atoms with Gasteiger partial charge in [-0.1, -0.05) is 0 Å². The SMILES string of the molecule is CN=C(NCC(c1cnn(C)c1)N(C)C)N1CCC(NC(=O)OC(C)(C)C)C1. The van der Waals surface area contributed by atoms with E-state index in [-0.39, 0.29) is 18.2 Å².